The van der Waals surface area contributed by atoms with Gasteiger partial charge in [0, 0.05) is 18.8 Å². The van der Waals surface area contributed by atoms with Gasteiger partial charge in [-0.3, -0.25) is 0 Å². The van der Waals surface area contributed by atoms with Crippen LogP contribution in [0.4, 0.5) is 5.69 Å². The fourth-order valence-electron chi connectivity index (χ4n) is 2.47. The van der Waals surface area contributed by atoms with E-state index in [4.69, 9.17) is 9.47 Å². The molecule has 0 spiro atoms. The third kappa shape index (κ3) is 3.28. The van der Waals surface area contributed by atoms with Crippen molar-refractivity contribution in [3.05, 3.63) is 54.1 Å². The molecule has 3 rings (SSSR count). The minimum Gasteiger partial charge on any atom is -0.486 e. The Kier molecular flexibility index (Phi) is 4.26. The highest BCUT2D eigenvalue weighted by molar-refractivity contribution is 5.49. The molecule has 0 bridgehead atoms. The molecule has 0 radical (unpaired) electrons. The molecule has 110 valence electrons. The summed E-state index contributed by atoms with van der Waals surface area (Å²) < 4.78 is 11.2. The minimum absolute atomic E-state index is 0.124. The quantitative estimate of drug-likeness (QED) is 0.916. The number of ether oxygens (including phenoxy) is 2. The lowest BCUT2D eigenvalue weighted by molar-refractivity contribution is 0.171. The number of aliphatic hydroxyl groups excluding tert-OH is 1. The van der Waals surface area contributed by atoms with E-state index in [0.29, 0.717) is 19.8 Å². The molecule has 1 heterocycles. The fourth-order valence-corrected chi connectivity index (χ4v) is 2.47. The lowest BCUT2D eigenvalue weighted by Crippen LogP contribution is -2.26. The van der Waals surface area contributed by atoms with Gasteiger partial charge in [0.25, 0.3) is 0 Å². The summed E-state index contributed by atoms with van der Waals surface area (Å²) in [4.78, 5) is 2.14. The first-order valence-corrected chi connectivity index (χ1v) is 7.16. The molecule has 21 heavy (non-hydrogen) atoms. The predicted octanol–water partition coefficient (Wildman–Crippen LogP) is 2.46. The molecule has 1 aliphatic heterocycles. The van der Waals surface area contributed by atoms with E-state index in [-0.39, 0.29) is 6.61 Å². The average Bonchev–Trinajstić information content (AvgIpc) is 2.55. The molecule has 0 aromatic heterocycles. The van der Waals surface area contributed by atoms with Gasteiger partial charge < -0.3 is 19.5 Å². The first kappa shape index (κ1) is 13.8. The molecule has 2 aromatic carbocycles. The number of aliphatic hydroxyl groups is 1. The molecular weight excluding hydrogens is 266 g/mol. The summed E-state index contributed by atoms with van der Waals surface area (Å²) in [5, 5.41) is 9.28. The Bertz CT molecular complexity index is 586. The van der Waals surface area contributed by atoms with Crippen molar-refractivity contribution in [3.63, 3.8) is 0 Å². The average molecular weight is 285 g/mol. The van der Waals surface area contributed by atoms with Crippen molar-refractivity contribution in [2.24, 2.45) is 0 Å². The summed E-state index contributed by atoms with van der Waals surface area (Å²) in [6, 6.07) is 16.1. The number of fused-ring (bicyclic) bond motifs is 1. The van der Waals surface area contributed by atoms with Crippen molar-refractivity contribution in [2.45, 2.75) is 6.54 Å². The molecule has 4 nitrogen and oxygen atoms in total. The van der Waals surface area contributed by atoms with E-state index < -0.39 is 0 Å². The van der Waals surface area contributed by atoms with E-state index in [2.05, 4.69) is 4.90 Å². The lowest BCUT2D eigenvalue weighted by Gasteiger charge is -2.25. The molecule has 0 unspecified atom stereocenters. The second-order valence-corrected chi connectivity index (χ2v) is 4.96. The number of rotatable bonds is 5. The molecular formula is C17H19NO3. The second kappa shape index (κ2) is 6.50. The van der Waals surface area contributed by atoms with Crippen molar-refractivity contribution in [1.29, 1.82) is 0 Å². The summed E-state index contributed by atoms with van der Waals surface area (Å²) in [5.74, 6) is 1.61. The second-order valence-electron chi connectivity index (χ2n) is 4.96. The number of nitrogens with zero attached hydrogens (tertiary/aromatic N) is 1. The van der Waals surface area contributed by atoms with E-state index in [1.165, 1.54) is 0 Å². The first-order chi connectivity index (χ1) is 10.4. The number of para-hydroxylation sites is 1. The van der Waals surface area contributed by atoms with Crippen LogP contribution >= 0.6 is 0 Å². The zero-order valence-electron chi connectivity index (χ0n) is 11.9. The topological polar surface area (TPSA) is 41.9 Å². The van der Waals surface area contributed by atoms with Gasteiger partial charge in [-0.15, -0.1) is 0 Å². The predicted molar refractivity (Wildman–Crippen MR) is 82.0 cm³/mol. The van der Waals surface area contributed by atoms with Gasteiger partial charge in [0.1, 0.15) is 13.2 Å². The standard InChI is InChI=1S/C17H19NO3/c19-9-8-18(15-4-2-1-3-5-15)13-14-6-7-16-17(12-14)21-11-10-20-16/h1-7,12,19H,8-11,13H2. The van der Waals surface area contributed by atoms with Crippen LogP contribution in [-0.4, -0.2) is 31.5 Å². The van der Waals surface area contributed by atoms with Crippen LogP contribution in [0.5, 0.6) is 11.5 Å². The van der Waals surface area contributed by atoms with Crippen molar-refractivity contribution < 1.29 is 14.6 Å². The van der Waals surface area contributed by atoms with Gasteiger partial charge in [0.15, 0.2) is 11.5 Å². The van der Waals surface area contributed by atoms with Crippen LogP contribution in [0, 0.1) is 0 Å². The summed E-state index contributed by atoms with van der Waals surface area (Å²) in [7, 11) is 0. The maximum absolute atomic E-state index is 9.28. The molecule has 0 saturated carbocycles. The minimum atomic E-state index is 0.124. The highest BCUT2D eigenvalue weighted by atomic mass is 16.6. The Morgan fingerprint density at radius 2 is 1.71 bits per heavy atom. The van der Waals surface area contributed by atoms with Crippen LogP contribution in [0.1, 0.15) is 5.56 Å². The number of hydrogen-bond acceptors (Lipinski definition) is 4. The van der Waals surface area contributed by atoms with Crippen LogP contribution in [0.15, 0.2) is 48.5 Å². The van der Waals surface area contributed by atoms with Crippen molar-refractivity contribution >= 4 is 5.69 Å². The molecule has 0 amide bonds. The summed E-state index contributed by atoms with van der Waals surface area (Å²) in [5.41, 5.74) is 2.23. The van der Waals surface area contributed by atoms with E-state index in [0.717, 1.165) is 29.3 Å². The van der Waals surface area contributed by atoms with Crippen LogP contribution < -0.4 is 14.4 Å². The molecule has 0 aliphatic carbocycles. The Labute approximate surface area is 124 Å². The highest BCUT2D eigenvalue weighted by Crippen LogP contribution is 2.31. The number of hydrogen-bond donors (Lipinski definition) is 1. The molecule has 0 atom stereocenters. The maximum Gasteiger partial charge on any atom is 0.161 e. The normalized spacial score (nSPS) is 13.0. The summed E-state index contributed by atoms with van der Waals surface area (Å²) in [6.45, 7) is 2.64. The third-order valence-electron chi connectivity index (χ3n) is 3.47. The molecule has 0 fully saturated rings. The number of benzene rings is 2. The third-order valence-corrected chi connectivity index (χ3v) is 3.47. The Morgan fingerprint density at radius 1 is 0.952 bits per heavy atom. The first-order valence-electron chi connectivity index (χ1n) is 7.16. The van der Waals surface area contributed by atoms with Crippen molar-refractivity contribution in [3.8, 4) is 11.5 Å². The van der Waals surface area contributed by atoms with Crippen molar-refractivity contribution in [2.75, 3.05) is 31.3 Å². The van der Waals surface area contributed by atoms with Gasteiger partial charge >= 0.3 is 0 Å². The van der Waals surface area contributed by atoms with Gasteiger partial charge in [-0.05, 0) is 29.8 Å². The largest absolute Gasteiger partial charge is 0.486 e. The zero-order chi connectivity index (χ0) is 14.5. The maximum atomic E-state index is 9.28. The lowest BCUT2D eigenvalue weighted by atomic mass is 10.1. The van der Waals surface area contributed by atoms with E-state index in [1.807, 2.05) is 48.5 Å². The van der Waals surface area contributed by atoms with Crippen molar-refractivity contribution in [1.82, 2.24) is 0 Å². The molecule has 1 N–H and O–H groups in total. The van der Waals surface area contributed by atoms with E-state index >= 15 is 0 Å². The molecule has 1 aliphatic rings. The van der Waals surface area contributed by atoms with Crippen LogP contribution in [-0.2, 0) is 6.54 Å². The van der Waals surface area contributed by atoms with Gasteiger partial charge in [0.2, 0.25) is 0 Å². The highest BCUT2D eigenvalue weighted by Gasteiger charge is 2.13. The van der Waals surface area contributed by atoms with Gasteiger partial charge in [-0.25, -0.2) is 0 Å². The SMILES string of the molecule is OCCN(Cc1ccc2c(c1)OCCO2)c1ccccc1. The van der Waals surface area contributed by atoms with E-state index in [9.17, 15) is 5.11 Å². The van der Waals surface area contributed by atoms with Crippen LogP contribution in [0.25, 0.3) is 0 Å². The Hall–Kier alpha value is -2.20. The fraction of sp³-hybridized carbons (Fsp3) is 0.294. The summed E-state index contributed by atoms with van der Waals surface area (Å²) >= 11 is 0. The summed E-state index contributed by atoms with van der Waals surface area (Å²) in [6.07, 6.45) is 0. The zero-order valence-corrected chi connectivity index (χ0v) is 11.9. The molecule has 4 heteroatoms. The number of anilines is 1. The van der Waals surface area contributed by atoms with Crippen LogP contribution in [0.2, 0.25) is 0 Å². The molecule has 2 aromatic rings. The smallest absolute Gasteiger partial charge is 0.161 e. The monoisotopic (exact) mass is 285 g/mol. The Morgan fingerprint density at radius 3 is 2.48 bits per heavy atom. The van der Waals surface area contributed by atoms with E-state index in [1.54, 1.807) is 0 Å². The van der Waals surface area contributed by atoms with Gasteiger partial charge in [-0.1, -0.05) is 24.3 Å². The Balaban J connectivity index is 1.79. The van der Waals surface area contributed by atoms with Gasteiger partial charge in [-0.2, -0.15) is 0 Å². The molecule has 0 saturated heterocycles. The van der Waals surface area contributed by atoms with Gasteiger partial charge in [0.05, 0.1) is 6.61 Å². The van der Waals surface area contributed by atoms with Crippen LogP contribution in [0.3, 0.4) is 0 Å².